The molecule has 3 aromatic carbocycles. The van der Waals surface area contributed by atoms with Crippen LogP contribution in [-0.2, 0) is 16.0 Å². The number of rotatable bonds is 12. The summed E-state index contributed by atoms with van der Waals surface area (Å²) in [5.41, 5.74) is 4.38. The molecule has 3 aromatic rings. The second-order valence-corrected chi connectivity index (χ2v) is 7.82. The van der Waals surface area contributed by atoms with E-state index in [1.165, 1.54) is 17.9 Å². The first kappa shape index (κ1) is 32.0. The molecule has 202 valence electrons. The third kappa shape index (κ3) is 10.9. The first-order valence-electron chi connectivity index (χ1n) is 12.8. The van der Waals surface area contributed by atoms with E-state index in [0.717, 1.165) is 30.4 Å². The molecule has 0 aliphatic rings. The number of methoxy groups -OCH3 is 1. The Morgan fingerprint density at radius 2 is 1.58 bits per heavy atom. The number of ether oxygens (including phenoxy) is 3. The maximum Gasteiger partial charge on any atom is 0.343 e. The molecular formula is C32H39NO5. The van der Waals surface area contributed by atoms with Gasteiger partial charge in [0, 0.05) is 31.9 Å². The monoisotopic (exact) mass is 517 g/mol. The topological polar surface area (TPSA) is 85.7 Å². The van der Waals surface area contributed by atoms with Crippen molar-refractivity contribution in [2.24, 2.45) is 0 Å². The van der Waals surface area contributed by atoms with E-state index in [0.29, 0.717) is 42.1 Å². The summed E-state index contributed by atoms with van der Waals surface area (Å²) in [6.45, 7) is 10.5. The largest absolute Gasteiger partial charge is 0.494 e. The van der Waals surface area contributed by atoms with Crippen LogP contribution in [-0.4, -0.2) is 38.8 Å². The molecule has 6 heteroatoms. The molecule has 0 spiro atoms. The third-order valence-electron chi connectivity index (χ3n) is 5.14. The van der Waals surface area contributed by atoms with Gasteiger partial charge in [0.15, 0.2) is 0 Å². The Morgan fingerprint density at radius 3 is 2.13 bits per heavy atom. The van der Waals surface area contributed by atoms with Gasteiger partial charge in [0.2, 0.25) is 0 Å². The Hall–Kier alpha value is -4.03. The number of aryl methyl sites for hydroxylation is 1. The van der Waals surface area contributed by atoms with Crippen LogP contribution in [0.15, 0.2) is 79.4 Å². The van der Waals surface area contributed by atoms with Gasteiger partial charge in [0.05, 0.1) is 12.2 Å². The Morgan fingerprint density at radius 1 is 0.947 bits per heavy atom. The Labute approximate surface area is 226 Å². The lowest BCUT2D eigenvalue weighted by molar-refractivity contribution is -0.104. The van der Waals surface area contributed by atoms with E-state index in [1.807, 2.05) is 19.9 Å². The lowest BCUT2D eigenvalue weighted by Crippen LogP contribution is -2.09. The van der Waals surface area contributed by atoms with Crippen LogP contribution < -0.4 is 9.47 Å². The van der Waals surface area contributed by atoms with Crippen molar-refractivity contribution in [3.63, 3.8) is 0 Å². The summed E-state index contributed by atoms with van der Waals surface area (Å²) in [6, 6.07) is 20.6. The van der Waals surface area contributed by atoms with Crippen molar-refractivity contribution in [2.75, 3.05) is 20.3 Å². The van der Waals surface area contributed by atoms with Crippen LogP contribution in [0.3, 0.4) is 0 Å². The molecule has 38 heavy (non-hydrogen) atoms. The Balaban J connectivity index is 0.00000110. The quantitative estimate of drug-likeness (QED) is 0.0678. The van der Waals surface area contributed by atoms with Gasteiger partial charge in [-0.1, -0.05) is 64.1 Å². The van der Waals surface area contributed by atoms with Gasteiger partial charge in [-0.25, -0.2) is 4.79 Å². The lowest BCUT2D eigenvalue weighted by atomic mass is 9.98. The minimum atomic E-state index is -0.455. The zero-order valence-corrected chi connectivity index (χ0v) is 22.9. The van der Waals surface area contributed by atoms with Crippen LogP contribution in [0, 0.1) is 5.41 Å². The van der Waals surface area contributed by atoms with Gasteiger partial charge in [-0.3, -0.25) is 4.79 Å². The summed E-state index contributed by atoms with van der Waals surface area (Å²) in [7, 11) is 1.66. The minimum Gasteiger partial charge on any atom is -0.494 e. The van der Waals surface area contributed by atoms with E-state index in [9.17, 15) is 4.79 Å². The van der Waals surface area contributed by atoms with Gasteiger partial charge in [-0.2, -0.15) is 0 Å². The molecule has 0 bridgehead atoms. The van der Waals surface area contributed by atoms with Crippen molar-refractivity contribution in [3.8, 4) is 22.6 Å². The molecule has 0 unspecified atom stereocenters. The van der Waals surface area contributed by atoms with Gasteiger partial charge in [-0.15, -0.1) is 0 Å². The SMILES string of the molecule is C=CC=O.CC.CCCc1ccc(-c2ccc(OC(=O)c3ccc(OCCCOC)cc3)cc2C=N)cc1. The fraction of sp³-hybridized carbons (Fsp3) is 0.281. The number of nitrogens with one attached hydrogen (secondary N) is 1. The van der Waals surface area contributed by atoms with E-state index < -0.39 is 5.97 Å². The van der Waals surface area contributed by atoms with Crippen LogP contribution in [0.2, 0.25) is 0 Å². The van der Waals surface area contributed by atoms with Gasteiger partial charge < -0.3 is 19.6 Å². The van der Waals surface area contributed by atoms with Crippen molar-refractivity contribution in [1.82, 2.24) is 0 Å². The highest BCUT2D eigenvalue weighted by Gasteiger charge is 2.11. The summed E-state index contributed by atoms with van der Waals surface area (Å²) < 4.78 is 16.1. The molecule has 0 aromatic heterocycles. The average Bonchev–Trinajstić information content (AvgIpc) is 2.97. The molecule has 1 N–H and O–H groups in total. The first-order chi connectivity index (χ1) is 18.6. The van der Waals surface area contributed by atoms with Crippen molar-refractivity contribution in [3.05, 3.63) is 96.1 Å². The van der Waals surface area contributed by atoms with Crippen LogP contribution in [0.1, 0.15) is 55.1 Å². The molecule has 3 rings (SSSR count). The number of hydrogen-bond acceptors (Lipinski definition) is 6. The van der Waals surface area contributed by atoms with Crippen LogP contribution in [0.5, 0.6) is 11.5 Å². The molecule has 0 aliphatic carbocycles. The zero-order chi connectivity index (χ0) is 28.2. The van der Waals surface area contributed by atoms with E-state index in [1.54, 1.807) is 43.5 Å². The van der Waals surface area contributed by atoms with Crippen molar-refractivity contribution in [2.45, 2.75) is 40.0 Å². The zero-order valence-electron chi connectivity index (χ0n) is 22.9. The van der Waals surface area contributed by atoms with Crippen molar-refractivity contribution >= 4 is 18.5 Å². The third-order valence-corrected chi connectivity index (χ3v) is 5.14. The number of aldehydes is 1. The molecular weight excluding hydrogens is 478 g/mol. The number of esters is 1. The van der Waals surface area contributed by atoms with Gasteiger partial charge in [0.25, 0.3) is 0 Å². The Bertz CT molecular complexity index is 1120. The molecule has 0 heterocycles. The van der Waals surface area contributed by atoms with Gasteiger partial charge in [-0.05, 0) is 65.6 Å². The predicted molar refractivity (Wildman–Crippen MR) is 155 cm³/mol. The summed E-state index contributed by atoms with van der Waals surface area (Å²) in [5, 5.41) is 7.80. The smallest absolute Gasteiger partial charge is 0.343 e. The maximum atomic E-state index is 12.5. The van der Waals surface area contributed by atoms with E-state index >= 15 is 0 Å². The highest BCUT2D eigenvalue weighted by molar-refractivity contribution is 5.93. The van der Waals surface area contributed by atoms with Crippen molar-refractivity contribution < 1.29 is 23.8 Å². The standard InChI is InChI=1S/C27H29NO4.C3H4O.C2H6/c1-3-5-20-6-8-21(9-7-20)26-15-14-25(18-23(26)19-28)32-27(29)22-10-12-24(13-11-22)31-17-4-16-30-2;1-2-3-4;1-2/h6-15,18-19,28H,3-5,16-17H2,1-2H3;2-3H,1H2;1-2H3. The summed E-state index contributed by atoms with van der Waals surface area (Å²) in [5.74, 6) is 0.640. The molecule has 0 atom stereocenters. The average molecular weight is 518 g/mol. The van der Waals surface area contributed by atoms with Gasteiger partial charge in [0.1, 0.15) is 17.8 Å². The second-order valence-electron chi connectivity index (χ2n) is 7.82. The second kappa shape index (κ2) is 19.1. The summed E-state index contributed by atoms with van der Waals surface area (Å²) >= 11 is 0. The van der Waals surface area contributed by atoms with E-state index in [2.05, 4.69) is 37.8 Å². The number of hydrogen-bond donors (Lipinski definition) is 1. The summed E-state index contributed by atoms with van der Waals surface area (Å²) in [6.07, 6.45) is 6.07. The highest BCUT2D eigenvalue weighted by atomic mass is 16.5. The van der Waals surface area contributed by atoms with Crippen molar-refractivity contribution in [1.29, 1.82) is 5.41 Å². The van der Waals surface area contributed by atoms with Gasteiger partial charge >= 0.3 is 5.97 Å². The molecule has 0 radical (unpaired) electrons. The molecule has 6 nitrogen and oxygen atoms in total. The van der Waals surface area contributed by atoms with E-state index in [-0.39, 0.29) is 0 Å². The molecule has 0 saturated carbocycles. The fourth-order valence-electron chi connectivity index (χ4n) is 3.37. The number of carbonyl (C=O) groups excluding carboxylic acids is 2. The maximum absolute atomic E-state index is 12.5. The summed E-state index contributed by atoms with van der Waals surface area (Å²) in [4.78, 5) is 21.6. The fourth-order valence-corrected chi connectivity index (χ4v) is 3.37. The number of allylic oxidation sites excluding steroid dienone is 1. The van der Waals surface area contributed by atoms with E-state index in [4.69, 9.17) is 24.4 Å². The Kier molecular flexibility index (Phi) is 16.1. The molecule has 0 saturated heterocycles. The number of benzene rings is 3. The lowest BCUT2D eigenvalue weighted by Gasteiger charge is -2.11. The molecule has 0 aliphatic heterocycles. The van der Waals surface area contributed by atoms with Crippen LogP contribution in [0.4, 0.5) is 0 Å². The molecule has 0 amide bonds. The van der Waals surface area contributed by atoms with Crippen LogP contribution in [0.25, 0.3) is 11.1 Å². The number of carbonyl (C=O) groups is 2. The first-order valence-corrected chi connectivity index (χ1v) is 12.8. The highest BCUT2D eigenvalue weighted by Crippen LogP contribution is 2.27. The minimum absolute atomic E-state index is 0.403. The molecule has 0 fully saturated rings. The van der Waals surface area contributed by atoms with Crippen LogP contribution >= 0.6 is 0 Å². The predicted octanol–water partition coefficient (Wildman–Crippen LogP) is 7.34. The normalized spacial score (nSPS) is 9.58.